The topological polar surface area (TPSA) is 26.0 Å². The predicted molar refractivity (Wildman–Crippen MR) is 55.4 cm³/mol. The quantitative estimate of drug-likeness (QED) is 0.697. The van der Waals surface area contributed by atoms with Gasteiger partial charge in [-0.25, -0.2) is 0 Å². The summed E-state index contributed by atoms with van der Waals surface area (Å²) in [5.41, 5.74) is -0.467. The Bertz CT molecular complexity index is 498. The summed E-state index contributed by atoms with van der Waals surface area (Å²) in [7, 11) is 0. The number of hydrogen-bond donors (Lipinski definition) is 0. The van der Waals surface area contributed by atoms with E-state index in [1.165, 1.54) is 6.92 Å². The van der Waals surface area contributed by atoms with Crippen molar-refractivity contribution in [3.05, 3.63) is 36.1 Å². The molecule has 7 heteroatoms. The SMILES string of the molecule is Cc1onc(-c2ccccc2)c1[B-](F)(F)F.[K+]. The van der Waals surface area contributed by atoms with Gasteiger partial charge in [0.1, 0.15) is 5.76 Å². The van der Waals surface area contributed by atoms with Gasteiger partial charge in [0.2, 0.25) is 0 Å². The number of aryl methyl sites for hydroxylation is 1. The van der Waals surface area contributed by atoms with Crippen LogP contribution in [0.5, 0.6) is 0 Å². The minimum absolute atomic E-state index is 0. The largest absolute Gasteiger partial charge is 1.00 e. The zero-order valence-electron chi connectivity index (χ0n) is 9.45. The molecule has 1 aromatic heterocycles. The van der Waals surface area contributed by atoms with Gasteiger partial charge in [-0.1, -0.05) is 35.5 Å². The molecular formula is C10H8BF3KNO. The van der Waals surface area contributed by atoms with E-state index in [9.17, 15) is 12.9 Å². The summed E-state index contributed by atoms with van der Waals surface area (Å²) in [6, 6.07) is 8.19. The maximum absolute atomic E-state index is 12.8. The third-order valence-electron chi connectivity index (χ3n) is 2.28. The third kappa shape index (κ3) is 3.23. The molecule has 2 nitrogen and oxygen atoms in total. The van der Waals surface area contributed by atoms with Crippen molar-refractivity contribution in [2.24, 2.45) is 0 Å². The van der Waals surface area contributed by atoms with Gasteiger partial charge in [-0.05, 0) is 12.4 Å². The van der Waals surface area contributed by atoms with Gasteiger partial charge in [-0.15, -0.1) is 0 Å². The molecule has 0 amide bonds. The molecule has 1 heterocycles. The molecule has 0 saturated carbocycles. The Kier molecular flexibility index (Phi) is 5.03. The van der Waals surface area contributed by atoms with E-state index < -0.39 is 12.4 Å². The van der Waals surface area contributed by atoms with Crippen molar-refractivity contribution in [3.63, 3.8) is 0 Å². The number of aromatic nitrogens is 1. The summed E-state index contributed by atoms with van der Waals surface area (Å²) >= 11 is 0. The molecule has 17 heavy (non-hydrogen) atoms. The zero-order chi connectivity index (χ0) is 11.8. The van der Waals surface area contributed by atoms with Gasteiger partial charge in [0.15, 0.2) is 0 Å². The second-order valence-electron chi connectivity index (χ2n) is 3.44. The average Bonchev–Trinajstić information content (AvgIpc) is 2.61. The smallest absolute Gasteiger partial charge is 0.445 e. The Balaban J connectivity index is 0.00000144. The van der Waals surface area contributed by atoms with Crippen molar-refractivity contribution in [1.82, 2.24) is 5.16 Å². The molecule has 0 aliphatic heterocycles. The van der Waals surface area contributed by atoms with Gasteiger partial charge in [0.25, 0.3) is 0 Å². The van der Waals surface area contributed by atoms with Gasteiger partial charge in [0.05, 0.1) is 5.69 Å². The van der Waals surface area contributed by atoms with Crippen molar-refractivity contribution >= 4 is 12.4 Å². The third-order valence-corrected chi connectivity index (χ3v) is 2.28. The molecule has 0 bridgehead atoms. The van der Waals surface area contributed by atoms with E-state index in [1.54, 1.807) is 30.3 Å². The Hall–Kier alpha value is -0.0787. The fourth-order valence-electron chi connectivity index (χ4n) is 1.57. The normalized spacial score (nSPS) is 11.1. The van der Waals surface area contributed by atoms with E-state index in [4.69, 9.17) is 0 Å². The Morgan fingerprint density at radius 3 is 2.24 bits per heavy atom. The minimum atomic E-state index is -5.11. The monoisotopic (exact) mass is 265 g/mol. The van der Waals surface area contributed by atoms with E-state index in [0.717, 1.165) is 0 Å². The summed E-state index contributed by atoms with van der Waals surface area (Å²) in [6.45, 7) is -3.84. The molecule has 0 aliphatic rings. The molecule has 0 fully saturated rings. The Morgan fingerprint density at radius 2 is 1.71 bits per heavy atom. The van der Waals surface area contributed by atoms with Crippen LogP contribution < -0.4 is 56.8 Å². The molecule has 84 valence electrons. The Labute approximate surface area is 139 Å². The van der Waals surface area contributed by atoms with Crippen LogP contribution in [0.15, 0.2) is 34.9 Å². The first-order valence-corrected chi connectivity index (χ1v) is 4.71. The van der Waals surface area contributed by atoms with Crippen LogP contribution in [0, 0.1) is 6.92 Å². The van der Waals surface area contributed by atoms with Gasteiger partial charge < -0.3 is 17.5 Å². The molecule has 0 radical (unpaired) electrons. The molecule has 2 rings (SSSR count). The van der Waals surface area contributed by atoms with E-state index in [2.05, 4.69) is 9.68 Å². The summed E-state index contributed by atoms with van der Waals surface area (Å²) in [4.78, 5) is 0. The summed E-state index contributed by atoms with van der Waals surface area (Å²) in [5.74, 6) is -0.189. The van der Waals surface area contributed by atoms with E-state index in [-0.39, 0.29) is 62.8 Å². The maximum Gasteiger partial charge on any atom is 1.00 e. The number of nitrogens with zero attached hydrogens (tertiary/aromatic N) is 1. The van der Waals surface area contributed by atoms with E-state index in [0.29, 0.717) is 5.56 Å². The number of rotatable bonds is 2. The molecule has 1 aromatic carbocycles. The molecule has 0 atom stereocenters. The van der Waals surface area contributed by atoms with Crippen LogP contribution >= 0.6 is 0 Å². The first kappa shape index (κ1) is 15.0. The van der Waals surface area contributed by atoms with Crippen LogP contribution in [-0.2, 0) is 0 Å². The first-order valence-electron chi connectivity index (χ1n) is 4.71. The molecule has 0 aliphatic carbocycles. The van der Waals surface area contributed by atoms with Gasteiger partial charge in [-0.3, -0.25) is 0 Å². The van der Waals surface area contributed by atoms with Gasteiger partial charge in [0, 0.05) is 5.56 Å². The standard InChI is InChI=1S/C10H8BF3NO.K/c1-7-9(11(12,13)14)10(15-16-7)8-5-3-2-4-6-8;/h2-6H,1H3;/q-1;+1. The number of halogens is 3. The zero-order valence-corrected chi connectivity index (χ0v) is 12.6. The molecular weight excluding hydrogens is 257 g/mol. The number of hydrogen-bond acceptors (Lipinski definition) is 2. The van der Waals surface area contributed by atoms with Crippen LogP contribution in [0.25, 0.3) is 11.3 Å². The second kappa shape index (κ2) is 5.71. The minimum Gasteiger partial charge on any atom is -0.445 e. The van der Waals surface area contributed by atoms with Gasteiger partial charge >= 0.3 is 58.4 Å². The summed E-state index contributed by atoms with van der Waals surface area (Å²) in [5, 5.41) is 3.47. The van der Waals surface area contributed by atoms with Crippen molar-refractivity contribution in [1.29, 1.82) is 0 Å². The second-order valence-corrected chi connectivity index (χ2v) is 3.44. The van der Waals surface area contributed by atoms with Crippen LogP contribution in [0.3, 0.4) is 0 Å². The van der Waals surface area contributed by atoms with Crippen LogP contribution in [0.2, 0.25) is 0 Å². The average molecular weight is 265 g/mol. The van der Waals surface area contributed by atoms with Crippen molar-refractivity contribution < 1.29 is 68.9 Å². The first-order chi connectivity index (χ1) is 7.50. The molecule has 0 N–H and O–H groups in total. The van der Waals surface area contributed by atoms with Crippen molar-refractivity contribution in [2.75, 3.05) is 0 Å². The fourth-order valence-corrected chi connectivity index (χ4v) is 1.57. The van der Waals surface area contributed by atoms with Gasteiger partial charge in [-0.2, -0.15) is 0 Å². The molecule has 2 aromatic rings. The summed E-state index contributed by atoms with van der Waals surface area (Å²) in [6.07, 6.45) is 0. The summed E-state index contributed by atoms with van der Waals surface area (Å²) < 4.78 is 43.0. The Morgan fingerprint density at radius 1 is 1.12 bits per heavy atom. The van der Waals surface area contributed by atoms with Crippen LogP contribution in [0.4, 0.5) is 12.9 Å². The van der Waals surface area contributed by atoms with Crippen LogP contribution in [0.1, 0.15) is 5.76 Å². The van der Waals surface area contributed by atoms with E-state index in [1.807, 2.05) is 0 Å². The molecule has 0 saturated heterocycles. The van der Waals surface area contributed by atoms with Crippen LogP contribution in [-0.4, -0.2) is 12.1 Å². The molecule has 0 spiro atoms. The fraction of sp³-hybridized carbons (Fsp3) is 0.100. The predicted octanol–water partition coefficient (Wildman–Crippen LogP) is -0.292. The van der Waals surface area contributed by atoms with Crippen molar-refractivity contribution in [2.45, 2.75) is 6.92 Å². The molecule has 0 unspecified atom stereocenters. The van der Waals surface area contributed by atoms with Crippen molar-refractivity contribution in [3.8, 4) is 11.3 Å². The maximum atomic E-state index is 12.8. The number of benzene rings is 1. The van der Waals surface area contributed by atoms with E-state index >= 15 is 0 Å².